The molecule has 0 aromatic heterocycles. The van der Waals surface area contributed by atoms with Crippen molar-refractivity contribution in [1.29, 1.82) is 0 Å². The lowest BCUT2D eigenvalue weighted by Crippen LogP contribution is -2.47. The van der Waals surface area contributed by atoms with Crippen LogP contribution in [0, 0.1) is 0 Å². The van der Waals surface area contributed by atoms with Gasteiger partial charge in [0.25, 0.3) is 5.91 Å². The predicted octanol–water partition coefficient (Wildman–Crippen LogP) is 1.25. The van der Waals surface area contributed by atoms with Gasteiger partial charge in [-0.05, 0) is 27.2 Å². The number of rotatable bonds is 12. The topological polar surface area (TPSA) is 56.8 Å². The summed E-state index contributed by atoms with van der Waals surface area (Å²) in [6, 6.07) is 0.729. The van der Waals surface area contributed by atoms with Crippen LogP contribution in [-0.2, 0) is 18.1 Å². The molecule has 0 heterocycles. The van der Waals surface area contributed by atoms with Crippen LogP contribution in [0.3, 0.4) is 0 Å². The van der Waals surface area contributed by atoms with Gasteiger partial charge in [-0.25, -0.2) is 0 Å². The molecule has 0 bridgehead atoms. The Morgan fingerprint density at radius 2 is 1.48 bits per heavy atom. The second-order valence-electron chi connectivity index (χ2n) is 5.88. The van der Waals surface area contributed by atoms with Crippen molar-refractivity contribution in [3.05, 3.63) is 0 Å². The van der Waals surface area contributed by atoms with Crippen molar-refractivity contribution >= 4 is 14.7 Å². The fourth-order valence-corrected chi connectivity index (χ4v) is 4.63. The third kappa shape index (κ3) is 9.97. The number of carbonyl (C=O) groups is 1. The fraction of sp³-hybridized carbons (Fsp3) is 0.929. The molecule has 6 nitrogen and oxygen atoms in total. The molecular weight excluding hydrogens is 288 g/mol. The van der Waals surface area contributed by atoms with Crippen LogP contribution in [0.4, 0.5) is 0 Å². The number of amides is 1. The van der Waals surface area contributed by atoms with Crippen molar-refractivity contribution in [2.75, 3.05) is 54.1 Å². The summed E-state index contributed by atoms with van der Waals surface area (Å²) < 4.78 is 18.0. The molecule has 0 unspecified atom stereocenters. The Labute approximate surface area is 130 Å². The summed E-state index contributed by atoms with van der Waals surface area (Å²) >= 11 is 0. The average Bonchev–Trinajstić information content (AvgIpc) is 2.33. The smallest absolute Gasteiger partial charge is 0.374 e. The molecule has 0 saturated carbocycles. The molecule has 0 spiro atoms. The van der Waals surface area contributed by atoms with Crippen LogP contribution in [-0.4, -0.2) is 73.2 Å². The molecule has 0 atom stereocenters. The normalized spacial score (nSPS) is 12.5. The van der Waals surface area contributed by atoms with Gasteiger partial charge in [-0.2, -0.15) is 0 Å². The van der Waals surface area contributed by atoms with Gasteiger partial charge in [0.2, 0.25) is 0 Å². The minimum absolute atomic E-state index is 0.0685. The van der Waals surface area contributed by atoms with E-state index in [0.29, 0.717) is 37.4 Å². The van der Waals surface area contributed by atoms with Gasteiger partial charge in [-0.1, -0.05) is 0 Å². The summed E-state index contributed by atoms with van der Waals surface area (Å²) in [7, 11) is 3.42. The second-order valence-corrected chi connectivity index (χ2v) is 8.62. The number of hydrogen-bond acceptors (Lipinski definition) is 4. The molecule has 1 amide bonds. The lowest BCUT2D eigenvalue weighted by Gasteiger charge is -2.28. The summed E-state index contributed by atoms with van der Waals surface area (Å²) in [6.07, 6.45) is 0.801. The summed E-state index contributed by atoms with van der Waals surface area (Å²) in [5.41, 5.74) is 0. The van der Waals surface area contributed by atoms with Crippen molar-refractivity contribution in [1.82, 2.24) is 5.32 Å². The van der Waals surface area contributed by atoms with Crippen molar-refractivity contribution in [3.8, 4) is 0 Å². The highest BCUT2D eigenvalue weighted by Gasteiger charge is 2.39. The molecule has 0 aromatic carbocycles. The van der Waals surface area contributed by atoms with Gasteiger partial charge in [0.05, 0.1) is 21.1 Å². The Bertz CT molecular complexity index is 278. The van der Waals surface area contributed by atoms with Crippen molar-refractivity contribution < 1.29 is 22.6 Å². The third-order valence-electron chi connectivity index (χ3n) is 2.69. The minimum Gasteiger partial charge on any atom is -0.374 e. The van der Waals surface area contributed by atoms with E-state index >= 15 is 0 Å². The number of nitrogens with one attached hydrogen (secondary N) is 1. The van der Waals surface area contributed by atoms with Crippen molar-refractivity contribution in [2.45, 2.75) is 33.2 Å². The maximum atomic E-state index is 11.8. The average molecular weight is 322 g/mol. The highest BCUT2D eigenvalue weighted by atomic mass is 28.4. The third-order valence-corrected chi connectivity index (χ3v) is 5.84. The summed E-state index contributed by atoms with van der Waals surface area (Å²) in [5.74, 6) is 0.0685. The van der Waals surface area contributed by atoms with E-state index < -0.39 is 8.80 Å². The van der Waals surface area contributed by atoms with Crippen molar-refractivity contribution in [3.63, 3.8) is 0 Å². The first-order chi connectivity index (χ1) is 9.78. The van der Waals surface area contributed by atoms with E-state index in [9.17, 15) is 4.79 Å². The Kier molecular flexibility index (Phi) is 10.1. The molecule has 0 aromatic rings. The SMILES string of the molecule is CCO[Si](CCCNC(=O)C[N+](C)(C)C)(OCC)OCC. The highest BCUT2D eigenvalue weighted by molar-refractivity contribution is 6.60. The molecule has 0 saturated heterocycles. The highest BCUT2D eigenvalue weighted by Crippen LogP contribution is 2.17. The standard InChI is InChI=1S/C14H32N2O4Si/c1-7-18-21(19-8-2,20-9-3)12-10-11-15-14(17)13-16(4,5)6/h7-13H2,1-6H3/p+1. The first-order valence-corrected chi connectivity index (χ1v) is 9.70. The number of carbonyl (C=O) groups excluding carboxylic acids is 1. The number of likely N-dealkylation sites (N-methyl/N-ethyl adjacent to an activating group) is 1. The molecule has 0 aliphatic carbocycles. The first kappa shape index (κ1) is 20.5. The van der Waals surface area contributed by atoms with Crippen LogP contribution in [0.25, 0.3) is 0 Å². The zero-order chi connectivity index (χ0) is 16.4. The van der Waals surface area contributed by atoms with Crippen molar-refractivity contribution in [2.24, 2.45) is 0 Å². The molecule has 7 heteroatoms. The maximum absolute atomic E-state index is 11.8. The Morgan fingerprint density at radius 3 is 1.86 bits per heavy atom. The fourth-order valence-electron chi connectivity index (χ4n) is 2.02. The zero-order valence-electron chi connectivity index (χ0n) is 14.5. The molecule has 1 N–H and O–H groups in total. The molecular formula is C14H33N2O4Si+. The molecule has 0 rings (SSSR count). The van der Waals surface area contributed by atoms with Gasteiger partial charge < -0.3 is 23.1 Å². The first-order valence-electron chi connectivity index (χ1n) is 7.77. The minimum atomic E-state index is -2.57. The lowest BCUT2D eigenvalue weighted by molar-refractivity contribution is -0.862. The number of hydrogen-bond donors (Lipinski definition) is 1. The van der Waals surface area contributed by atoms with Crippen LogP contribution in [0.1, 0.15) is 27.2 Å². The predicted molar refractivity (Wildman–Crippen MR) is 86.0 cm³/mol. The summed E-state index contributed by atoms with van der Waals surface area (Å²) in [6.45, 7) is 8.69. The van der Waals surface area contributed by atoms with Crippen LogP contribution in [0.5, 0.6) is 0 Å². The van der Waals surface area contributed by atoms with E-state index in [-0.39, 0.29) is 5.91 Å². The Hall–Kier alpha value is -0.473. The summed E-state index contributed by atoms with van der Waals surface area (Å²) in [4.78, 5) is 11.8. The van der Waals surface area contributed by atoms with Crippen LogP contribution >= 0.6 is 0 Å². The van der Waals surface area contributed by atoms with Gasteiger partial charge in [-0.3, -0.25) is 4.79 Å². The van der Waals surface area contributed by atoms with E-state index in [1.54, 1.807) is 0 Å². The number of nitrogens with zero attached hydrogens (tertiary/aromatic N) is 1. The van der Waals surface area contributed by atoms with E-state index in [1.165, 1.54) is 0 Å². The van der Waals surface area contributed by atoms with E-state index in [2.05, 4.69) is 5.32 Å². The molecule has 126 valence electrons. The van der Waals surface area contributed by atoms with Gasteiger partial charge in [0.1, 0.15) is 0 Å². The quantitative estimate of drug-likeness (QED) is 0.334. The number of quaternary nitrogens is 1. The van der Waals surface area contributed by atoms with E-state index in [0.717, 1.165) is 12.5 Å². The van der Waals surface area contributed by atoms with Gasteiger partial charge in [0, 0.05) is 32.4 Å². The van der Waals surface area contributed by atoms with Crippen LogP contribution in [0.2, 0.25) is 6.04 Å². The van der Waals surface area contributed by atoms with E-state index in [1.807, 2.05) is 41.9 Å². The van der Waals surface area contributed by atoms with E-state index in [4.69, 9.17) is 13.3 Å². The summed E-state index contributed by atoms with van der Waals surface area (Å²) in [5, 5.41) is 2.94. The van der Waals surface area contributed by atoms with Gasteiger partial charge in [0.15, 0.2) is 6.54 Å². The van der Waals surface area contributed by atoms with Gasteiger partial charge >= 0.3 is 8.80 Å². The van der Waals surface area contributed by atoms with Crippen LogP contribution < -0.4 is 5.32 Å². The Morgan fingerprint density at radius 1 is 1.00 bits per heavy atom. The molecule has 0 fully saturated rings. The Balaban J connectivity index is 4.21. The molecule has 21 heavy (non-hydrogen) atoms. The molecule has 0 aliphatic rings. The van der Waals surface area contributed by atoms with Gasteiger partial charge in [-0.15, -0.1) is 0 Å². The van der Waals surface area contributed by atoms with Crippen LogP contribution in [0.15, 0.2) is 0 Å². The largest absolute Gasteiger partial charge is 0.500 e. The maximum Gasteiger partial charge on any atom is 0.500 e. The second kappa shape index (κ2) is 10.3. The zero-order valence-corrected chi connectivity index (χ0v) is 15.5. The lowest BCUT2D eigenvalue weighted by atomic mass is 10.4. The molecule has 0 aliphatic heterocycles. The monoisotopic (exact) mass is 321 g/mol. The molecule has 0 radical (unpaired) electrons.